The van der Waals surface area contributed by atoms with Crippen LogP contribution in [0.4, 0.5) is 5.69 Å². The number of rotatable bonds is 7. The highest BCUT2D eigenvalue weighted by atomic mass is 35.5. The van der Waals surface area contributed by atoms with Crippen LogP contribution in [0.1, 0.15) is 34.0 Å². The molecule has 7 heteroatoms. The molecule has 0 aliphatic rings. The van der Waals surface area contributed by atoms with E-state index < -0.39 is 0 Å². The Morgan fingerprint density at radius 3 is 2.44 bits per heavy atom. The minimum absolute atomic E-state index is 0.176. The molecule has 3 rings (SSSR count). The Morgan fingerprint density at radius 2 is 1.72 bits per heavy atom. The zero-order chi connectivity index (χ0) is 23.1. The number of carbonyl (C=O) groups excluding carboxylic acids is 2. The van der Waals surface area contributed by atoms with Gasteiger partial charge in [-0.25, -0.2) is 5.43 Å². The van der Waals surface area contributed by atoms with Crippen molar-refractivity contribution in [2.75, 3.05) is 11.9 Å². The van der Waals surface area contributed by atoms with Gasteiger partial charge in [0.2, 0.25) is 0 Å². The summed E-state index contributed by atoms with van der Waals surface area (Å²) in [5.74, 6) is -0.0276. The fraction of sp³-hybridized carbons (Fsp3) is 0.160. The first-order valence-corrected chi connectivity index (χ1v) is 10.4. The monoisotopic (exact) mass is 449 g/mol. The smallest absolute Gasteiger partial charge is 0.277 e. The number of hydrogen-bond acceptors (Lipinski definition) is 4. The number of anilines is 1. The quantitative estimate of drug-likeness (QED) is 0.387. The Hall–Kier alpha value is -3.64. The van der Waals surface area contributed by atoms with E-state index in [9.17, 15) is 9.59 Å². The van der Waals surface area contributed by atoms with E-state index in [1.54, 1.807) is 49.4 Å². The van der Waals surface area contributed by atoms with E-state index in [-0.39, 0.29) is 18.4 Å². The molecule has 0 bridgehead atoms. The number of amides is 2. The second-order valence-electron chi connectivity index (χ2n) is 7.33. The molecule has 3 aromatic rings. The molecule has 0 aliphatic heterocycles. The maximum absolute atomic E-state index is 12.4. The molecule has 0 spiro atoms. The zero-order valence-electron chi connectivity index (χ0n) is 18.1. The number of carbonyl (C=O) groups is 2. The molecule has 6 nitrogen and oxygen atoms in total. The fourth-order valence-corrected chi connectivity index (χ4v) is 2.95. The number of nitrogens with zero attached hydrogens (tertiary/aromatic N) is 1. The number of nitrogens with one attached hydrogen (secondary N) is 2. The van der Waals surface area contributed by atoms with Gasteiger partial charge in [0.15, 0.2) is 6.61 Å². The molecule has 0 heterocycles. The van der Waals surface area contributed by atoms with E-state index in [2.05, 4.69) is 15.8 Å². The highest BCUT2D eigenvalue weighted by molar-refractivity contribution is 6.31. The van der Waals surface area contributed by atoms with Gasteiger partial charge in [0.05, 0.1) is 5.71 Å². The highest BCUT2D eigenvalue weighted by Gasteiger charge is 2.08. The summed E-state index contributed by atoms with van der Waals surface area (Å²) in [5, 5.41) is 7.64. The zero-order valence-corrected chi connectivity index (χ0v) is 18.9. The van der Waals surface area contributed by atoms with Crippen LogP contribution in [-0.4, -0.2) is 24.1 Å². The van der Waals surface area contributed by atoms with Crippen LogP contribution in [0, 0.1) is 13.8 Å². The number of ether oxygens (including phenoxy) is 1. The average Bonchev–Trinajstić information content (AvgIpc) is 2.78. The molecule has 0 saturated carbocycles. The third kappa shape index (κ3) is 6.43. The van der Waals surface area contributed by atoms with Crippen LogP contribution in [-0.2, 0) is 4.79 Å². The van der Waals surface area contributed by atoms with Crippen molar-refractivity contribution in [2.24, 2.45) is 5.10 Å². The highest BCUT2D eigenvalue weighted by Crippen LogP contribution is 2.21. The van der Waals surface area contributed by atoms with Gasteiger partial charge in [0.1, 0.15) is 5.75 Å². The van der Waals surface area contributed by atoms with Crippen molar-refractivity contribution in [3.63, 3.8) is 0 Å². The predicted octanol–water partition coefficient (Wildman–Crippen LogP) is 5.13. The summed E-state index contributed by atoms with van der Waals surface area (Å²) < 4.78 is 5.47. The second-order valence-corrected chi connectivity index (χ2v) is 7.74. The van der Waals surface area contributed by atoms with Crippen LogP contribution >= 0.6 is 11.6 Å². The molecule has 2 amide bonds. The first-order valence-electron chi connectivity index (χ1n) is 10.0. The Kier molecular flexibility index (Phi) is 7.63. The molecule has 0 radical (unpaired) electrons. The van der Waals surface area contributed by atoms with Crippen LogP contribution in [0.3, 0.4) is 0 Å². The molecule has 0 aliphatic carbocycles. The fourth-order valence-electron chi connectivity index (χ4n) is 2.83. The van der Waals surface area contributed by atoms with Crippen molar-refractivity contribution in [3.8, 4) is 5.75 Å². The van der Waals surface area contributed by atoms with E-state index in [0.717, 1.165) is 16.7 Å². The van der Waals surface area contributed by atoms with E-state index >= 15 is 0 Å². The van der Waals surface area contributed by atoms with E-state index in [4.69, 9.17) is 16.3 Å². The lowest BCUT2D eigenvalue weighted by Gasteiger charge is -2.09. The Bertz CT molecular complexity index is 1160. The van der Waals surface area contributed by atoms with Crippen molar-refractivity contribution >= 4 is 34.8 Å². The maximum atomic E-state index is 12.4. The van der Waals surface area contributed by atoms with Gasteiger partial charge in [0, 0.05) is 16.3 Å². The third-order valence-electron chi connectivity index (χ3n) is 4.70. The van der Waals surface area contributed by atoms with Crippen LogP contribution in [0.25, 0.3) is 0 Å². The van der Waals surface area contributed by atoms with Crippen molar-refractivity contribution in [2.45, 2.75) is 20.8 Å². The first kappa shape index (κ1) is 23.0. The SMILES string of the molecule is C/C(=N\NC(=O)COc1ccc(Cl)c(C)c1)c1cccc(NC(=O)c2ccc(C)cc2)c1. The largest absolute Gasteiger partial charge is 0.484 e. The molecular weight excluding hydrogens is 426 g/mol. The molecule has 0 atom stereocenters. The van der Waals surface area contributed by atoms with Crippen LogP contribution < -0.4 is 15.5 Å². The number of benzene rings is 3. The van der Waals surface area contributed by atoms with Gasteiger partial charge in [0.25, 0.3) is 11.8 Å². The van der Waals surface area contributed by atoms with Gasteiger partial charge in [-0.3, -0.25) is 9.59 Å². The van der Waals surface area contributed by atoms with Crippen molar-refractivity contribution < 1.29 is 14.3 Å². The minimum atomic E-state index is -0.388. The summed E-state index contributed by atoms with van der Waals surface area (Å²) in [6.07, 6.45) is 0. The van der Waals surface area contributed by atoms with Gasteiger partial charge >= 0.3 is 0 Å². The molecule has 164 valence electrons. The summed E-state index contributed by atoms with van der Waals surface area (Å²) in [7, 11) is 0. The standard InChI is InChI=1S/C25H24ClN3O3/c1-16-7-9-19(10-8-16)25(31)27-21-6-4-5-20(14-21)18(3)28-29-24(30)15-32-22-11-12-23(26)17(2)13-22/h4-14H,15H2,1-3H3,(H,27,31)(H,29,30)/b28-18+. The molecule has 2 N–H and O–H groups in total. The Morgan fingerprint density at radius 1 is 0.969 bits per heavy atom. The van der Waals surface area contributed by atoms with Crippen molar-refractivity contribution in [3.05, 3.63) is 94.0 Å². The third-order valence-corrected chi connectivity index (χ3v) is 5.12. The van der Waals surface area contributed by atoms with Crippen LogP contribution in [0.15, 0.2) is 71.8 Å². The summed E-state index contributed by atoms with van der Waals surface area (Å²) in [4.78, 5) is 24.5. The molecule has 3 aromatic carbocycles. The number of halogens is 1. The van der Waals surface area contributed by atoms with Crippen LogP contribution in [0.2, 0.25) is 5.02 Å². The molecular formula is C25H24ClN3O3. The minimum Gasteiger partial charge on any atom is -0.484 e. The molecule has 0 unspecified atom stereocenters. The summed E-state index contributed by atoms with van der Waals surface area (Å²) >= 11 is 5.99. The lowest BCUT2D eigenvalue weighted by molar-refractivity contribution is -0.123. The van der Waals surface area contributed by atoms with Gasteiger partial charge in [-0.05, 0) is 74.4 Å². The second kappa shape index (κ2) is 10.6. The van der Waals surface area contributed by atoms with Gasteiger partial charge in [-0.2, -0.15) is 5.10 Å². The van der Waals surface area contributed by atoms with Gasteiger partial charge < -0.3 is 10.1 Å². The molecule has 0 saturated heterocycles. The van der Waals surface area contributed by atoms with Crippen molar-refractivity contribution in [1.82, 2.24) is 5.43 Å². The van der Waals surface area contributed by atoms with Crippen molar-refractivity contribution in [1.29, 1.82) is 0 Å². The van der Waals surface area contributed by atoms with E-state index in [1.165, 1.54) is 0 Å². The van der Waals surface area contributed by atoms with E-state index in [0.29, 0.717) is 27.7 Å². The number of hydrogen-bond donors (Lipinski definition) is 2. The van der Waals surface area contributed by atoms with Crippen LogP contribution in [0.5, 0.6) is 5.75 Å². The molecule has 32 heavy (non-hydrogen) atoms. The lowest BCUT2D eigenvalue weighted by Crippen LogP contribution is -2.25. The lowest BCUT2D eigenvalue weighted by atomic mass is 10.1. The van der Waals surface area contributed by atoms with Gasteiger partial charge in [-0.1, -0.05) is 41.4 Å². The number of aryl methyl sites for hydroxylation is 2. The topological polar surface area (TPSA) is 79.8 Å². The van der Waals surface area contributed by atoms with Gasteiger partial charge in [-0.15, -0.1) is 0 Å². The van der Waals surface area contributed by atoms with E-state index in [1.807, 2.05) is 38.1 Å². The summed E-state index contributed by atoms with van der Waals surface area (Å²) in [6, 6.07) is 19.8. The Labute approximate surface area is 192 Å². The summed E-state index contributed by atoms with van der Waals surface area (Å²) in [6.45, 7) is 5.42. The maximum Gasteiger partial charge on any atom is 0.277 e. The first-order chi connectivity index (χ1) is 15.3. The predicted molar refractivity (Wildman–Crippen MR) is 128 cm³/mol. The molecule has 0 aromatic heterocycles. The summed E-state index contributed by atoms with van der Waals surface area (Å²) in [5.41, 5.74) is 7.00. The molecule has 0 fully saturated rings. The Balaban J connectivity index is 1.57. The normalized spacial score (nSPS) is 11.1. The number of hydrazone groups is 1. The average molecular weight is 450 g/mol.